The fourth-order valence-corrected chi connectivity index (χ4v) is 2.50. The van der Waals surface area contributed by atoms with E-state index >= 15 is 0 Å². The molecule has 0 heterocycles. The van der Waals surface area contributed by atoms with Crippen molar-refractivity contribution in [1.82, 2.24) is 5.32 Å². The Labute approximate surface area is 149 Å². The van der Waals surface area contributed by atoms with Crippen LogP contribution in [0.5, 0.6) is 0 Å². The van der Waals surface area contributed by atoms with E-state index < -0.39 is 17.6 Å². The lowest BCUT2D eigenvalue weighted by molar-refractivity contribution is -0.137. The third-order valence-corrected chi connectivity index (χ3v) is 4.00. The van der Waals surface area contributed by atoms with Crippen LogP contribution in [0.15, 0.2) is 48.5 Å². The van der Waals surface area contributed by atoms with Gasteiger partial charge in [-0.05, 0) is 41.3 Å². The van der Waals surface area contributed by atoms with Crippen molar-refractivity contribution < 1.29 is 22.8 Å². The number of primary amides is 1. The average Bonchev–Trinajstić information content (AvgIpc) is 2.59. The van der Waals surface area contributed by atoms with E-state index in [9.17, 15) is 22.8 Å². The molecule has 1 atom stereocenters. The Morgan fingerprint density at radius 2 is 1.77 bits per heavy atom. The zero-order chi connectivity index (χ0) is 19.3. The lowest BCUT2D eigenvalue weighted by Crippen LogP contribution is -2.24. The quantitative estimate of drug-likeness (QED) is 0.822. The van der Waals surface area contributed by atoms with Crippen LogP contribution in [0.4, 0.5) is 13.2 Å². The second kappa shape index (κ2) is 8.03. The van der Waals surface area contributed by atoms with Crippen LogP contribution in [-0.4, -0.2) is 11.8 Å². The second-order valence-corrected chi connectivity index (χ2v) is 6.07. The van der Waals surface area contributed by atoms with Gasteiger partial charge in [0, 0.05) is 18.5 Å². The van der Waals surface area contributed by atoms with Gasteiger partial charge in [0.2, 0.25) is 11.8 Å². The summed E-state index contributed by atoms with van der Waals surface area (Å²) < 4.78 is 37.7. The average molecular weight is 364 g/mol. The van der Waals surface area contributed by atoms with Crippen molar-refractivity contribution in [2.45, 2.75) is 32.0 Å². The molecule has 0 aliphatic rings. The highest BCUT2D eigenvalue weighted by molar-refractivity contribution is 5.92. The first-order chi connectivity index (χ1) is 12.2. The van der Waals surface area contributed by atoms with Crippen LogP contribution in [0.2, 0.25) is 0 Å². The molecule has 26 heavy (non-hydrogen) atoms. The molecule has 7 heteroatoms. The number of amides is 2. The van der Waals surface area contributed by atoms with Crippen molar-refractivity contribution in [2.75, 3.05) is 0 Å². The molecule has 0 bridgehead atoms. The smallest absolute Gasteiger partial charge is 0.366 e. The molecule has 0 aromatic heterocycles. The molecular weight excluding hydrogens is 345 g/mol. The maximum atomic E-state index is 12.6. The van der Waals surface area contributed by atoms with E-state index in [1.807, 2.05) is 0 Å². The van der Waals surface area contributed by atoms with Crippen LogP contribution in [-0.2, 0) is 17.5 Å². The van der Waals surface area contributed by atoms with E-state index in [-0.39, 0.29) is 24.8 Å². The van der Waals surface area contributed by atoms with E-state index in [0.29, 0.717) is 11.1 Å². The molecule has 0 aliphatic carbocycles. The molecule has 4 nitrogen and oxygen atoms in total. The fraction of sp³-hybridized carbons (Fsp3) is 0.263. The lowest BCUT2D eigenvalue weighted by Gasteiger charge is -2.14. The molecular formula is C19H19F3N2O2. The van der Waals surface area contributed by atoms with Gasteiger partial charge >= 0.3 is 6.18 Å². The molecule has 2 amide bonds. The third kappa shape index (κ3) is 5.34. The summed E-state index contributed by atoms with van der Waals surface area (Å²) in [6.45, 7) is 2.01. The SMILES string of the molecule is CC(CC(=O)NCc1cccc(C(N)=O)c1)c1ccc(C(F)(F)F)cc1. The first-order valence-corrected chi connectivity index (χ1v) is 7.99. The van der Waals surface area contributed by atoms with Crippen molar-refractivity contribution in [2.24, 2.45) is 5.73 Å². The molecule has 0 saturated heterocycles. The molecule has 2 aromatic carbocycles. The number of benzene rings is 2. The van der Waals surface area contributed by atoms with E-state index in [2.05, 4.69) is 5.32 Å². The van der Waals surface area contributed by atoms with Crippen LogP contribution >= 0.6 is 0 Å². The molecule has 2 aromatic rings. The Morgan fingerprint density at radius 3 is 2.35 bits per heavy atom. The third-order valence-electron chi connectivity index (χ3n) is 4.00. The minimum absolute atomic E-state index is 0.140. The highest BCUT2D eigenvalue weighted by Gasteiger charge is 2.30. The predicted octanol–water partition coefficient (Wildman–Crippen LogP) is 3.61. The maximum absolute atomic E-state index is 12.6. The highest BCUT2D eigenvalue weighted by Crippen LogP contribution is 2.30. The van der Waals surface area contributed by atoms with Crippen molar-refractivity contribution in [3.05, 3.63) is 70.8 Å². The van der Waals surface area contributed by atoms with Gasteiger partial charge in [-0.2, -0.15) is 13.2 Å². The zero-order valence-corrected chi connectivity index (χ0v) is 14.1. The molecule has 0 aliphatic heterocycles. The Kier molecular flexibility index (Phi) is 6.02. The first kappa shape index (κ1) is 19.5. The summed E-state index contributed by atoms with van der Waals surface area (Å²) in [5, 5.41) is 2.73. The van der Waals surface area contributed by atoms with E-state index in [4.69, 9.17) is 5.73 Å². The first-order valence-electron chi connectivity index (χ1n) is 7.99. The summed E-state index contributed by atoms with van der Waals surface area (Å²) >= 11 is 0. The lowest BCUT2D eigenvalue weighted by atomic mass is 9.96. The molecule has 138 valence electrons. The maximum Gasteiger partial charge on any atom is 0.416 e. The number of nitrogens with two attached hydrogens (primary N) is 1. The Bertz CT molecular complexity index is 786. The van der Waals surface area contributed by atoms with Gasteiger partial charge in [0.25, 0.3) is 0 Å². The Balaban J connectivity index is 1.91. The number of hydrogen-bond acceptors (Lipinski definition) is 2. The monoisotopic (exact) mass is 364 g/mol. The summed E-state index contributed by atoms with van der Waals surface area (Å²) in [6, 6.07) is 11.4. The normalized spacial score (nSPS) is 12.5. The number of rotatable bonds is 6. The topological polar surface area (TPSA) is 72.2 Å². The molecule has 0 spiro atoms. The van der Waals surface area contributed by atoms with Gasteiger partial charge in [-0.1, -0.05) is 31.2 Å². The molecule has 1 unspecified atom stereocenters. The standard InChI is InChI=1S/C19H19F3N2O2/c1-12(14-5-7-16(8-6-14)19(20,21)22)9-17(25)24-11-13-3-2-4-15(10-13)18(23)26/h2-8,10,12H,9,11H2,1H3,(H2,23,26)(H,24,25). The molecule has 3 N–H and O–H groups in total. The summed E-state index contributed by atoms with van der Waals surface area (Å²) in [5.41, 5.74) is 6.24. The van der Waals surface area contributed by atoms with Gasteiger partial charge in [-0.25, -0.2) is 0 Å². The number of carbonyl (C=O) groups is 2. The number of hydrogen-bond donors (Lipinski definition) is 2. The number of alkyl halides is 3. The highest BCUT2D eigenvalue weighted by atomic mass is 19.4. The summed E-state index contributed by atoms with van der Waals surface area (Å²) in [7, 11) is 0. The van der Waals surface area contributed by atoms with Gasteiger partial charge in [0.05, 0.1) is 5.56 Å². The van der Waals surface area contributed by atoms with Gasteiger partial charge in [0.1, 0.15) is 0 Å². The summed E-state index contributed by atoms with van der Waals surface area (Å²) in [4.78, 5) is 23.2. The van der Waals surface area contributed by atoms with Crippen LogP contribution < -0.4 is 11.1 Å². The molecule has 2 rings (SSSR count). The van der Waals surface area contributed by atoms with Gasteiger partial charge < -0.3 is 11.1 Å². The van der Waals surface area contributed by atoms with Crippen LogP contribution in [0, 0.1) is 0 Å². The number of halogens is 3. The van der Waals surface area contributed by atoms with E-state index in [1.54, 1.807) is 31.2 Å². The van der Waals surface area contributed by atoms with Crippen molar-refractivity contribution in [1.29, 1.82) is 0 Å². The van der Waals surface area contributed by atoms with Gasteiger partial charge in [-0.15, -0.1) is 0 Å². The number of nitrogens with one attached hydrogen (secondary N) is 1. The van der Waals surface area contributed by atoms with Crippen molar-refractivity contribution >= 4 is 11.8 Å². The second-order valence-electron chi connectivity index (χ2n) is 6.07. The summed E-state index contributed by atoms with van der Waals surface area (Å²) in [5.74, 6) is -1.01. The minimum atomic E-state index is -4.38. The number of carbonyl (C=O) groups excluding carboxylic acids is 2. The van der Waals surface area contributed by atoms with Crippen molar-refractivity contribution in [3.63, 3.8) is 0 Å². The summed E-state index contributed by atoms with van der Waals surface area (Å²) in [6.07, 6.45) is -4.24. The molecule has 0 fully saturated rings. The van der Waals surface area contributed by atoms with Crippen LogP contribution in [0.1, 0.15) is 46.3 Å². The zero-order valence-electron chi connectivity index (χ0n) is 14.1. The van der Waals surface area contributed by atoms with E-state index in [1.165, 1.54) is 12.1 Å². The van der Waals surface area contributed by atoms with Crippen molar-refractivity contribution in [3.8, 4) is 0 Å². The molecule has 0 radical (unpaired) electrons. The van der Waals surface area contributed by atoms with Crippen LogP contribution in [0.3, 0.4) is 0 Å². The van der Waals surface area contributed by atoms with Crippen LogP contribution in [0.25, 0.3) is 0 Å². The minimum Gasteiger partial charge on any atom is -0.366 e. The Hall–Kier alpha value is -2.83. The molecule has 0 saturated carbocycles. The Morgan fingerprint density at radius 1 is 1.12 bits per heavy atom. The largest absolute Gasteiger partial charge is 0.416 e. The fourth-order valence-electron chi connectivity index (χ4n) is 2.50. The predicted molar refractivity (Wildman–Crippen MR) is 91.3 cm³/mol. The van der Waals surface area contributed by atoms with Gasteiger partial charge in [-0.3, -0.25) is 9.59 Å². The van der Waals surface area contributed by atoms with Gasteiger partial charge in [0.15, 0.2) is 0 Å². The van der Waals surface area contributed by atoms with E-state index in [0.717, 1.165) is 17.7 Å².